The summed E-state index contributed by atoms with van der Waals surface area (Å²) in [5.74, 6) is -0.564. The summed E-state index contributed by atoms with van der Waals surface area (Å²) in [6.07, 6.45) is 0.588. The molecule has 2 aromatic heterocycles. The first kappa shape index (κ1) is 21.7. The molecule has 2 aromatic rings. The highest BCUT2D eigenvalue weighted by Crippen LogP contribution is 2.40. The third-order valence-corrected chi connectivity index (χ3v) is 4.68. The number of hydrogen-bond donors (Lipinski definition) is 2. The number of pyridine rings is 1. The third kappa shape index (κ3) is 4.27. The van der Waals surface area contributed by atoms with Crippen molar-refractivity contribution in [2.75, 3.05) is 6.54 Å². The summed E-state index contributed by atoms with van der Waals surface area (Å²) in [5, 5.41) is 0.781. The first-order valence-corrected chi connectivity index (χ1v) is 9.97. The van der Waals surface area contributed by atoms with Crippen LogP contribution in [0.1, 0.15) is 59.7 Å². The maximum Gasteiger partial charge on any atom is 0.414 e. The van der Waals surface area contributed by atoms with Gasteiger partial charge in [0.25, 0.3) is 0 Å². The highest BCUT2D eigenvalue weighted by atomic mass is 16.6. The Morgan fingerprint density at radius 2 is 1.83 bits per heavy atom. The number of amides is 1. The van der Waals surface area contributed by atoms with Crippen LogP contribution in [0.2, 0.25) is 0 Å². The van der Waals surface area contributed by atoms with Gasteiger partial charge < -0.3 is 19.4 Å². The zero-order valence-electron chi connectivity index (χ0n) is 18.5. The zero-order chi connectivity index (χ0) is 22.4. The molecule has 0 unspecified atom stereocenters. The Bertz CT molecular complexity index is 1080. The van der Waals surface area contributed by atoms with Crippen molar-refractivity contribution in [3.63, 3.8) is 0 Å². The Balaban J connectivity index is 2.22. The van der Waals surface area contributed by atoms with Crippen molar-refractivity contribution in [3.8, 4) is 0 Å². The van der Waals surface area contributed by atoms with E-state index in [4.69, 9.17) is 9.47 Å². The number of ether oxygens (including phenoxy) is 2. The number of aromatic amines is 2. The van der Waals surface area contributed by atoms with Gasteiger partial charge in [-0.2, -0.15) is 0 Å². The Hall–Kier alpha value is -3.03. The fourth-order valence-corrected chi connectivity index (χ4v) is 3.65. The van der Waals surface area contributed by atoms with Crippen molar-refractivity contribution in [2.45, 2.75) is 65.6 Å². The molecule has 8 nitrogen and oxygen atoms in total. The van der Waals surface area contributed by atoms with E-state index in [-0.39, 0.29) is 23.8 Å². The summed E-state index contributed by atoms with van der Waals surface area (Å²) in [6, 6.07) is 3.17. The molecule has 0 radical (unpaired) electrons. The molecule has 162 valence electrons. The minimum absolute atomic E-state index is 0.201. The molecule has 1 amide bonds. The average Bonchev–Trinajstić information content (AvgIpc) is 2.89. The molecule has 0 atom stereocenters. The third-order valence-electron chi connectivity index (χ3n) is 4.68. The number of rotatable bonds is 2. The van der Waals surface area contributed by atoms with Crippen molar-refractivity contribution in [3.05, 3.63) is 39.9 Å². The number of fused-ring (bicyclic) bond motifs is 3. The molecular weight excluding hydrogens is 386 g/mol. The van der Waals surface area contributed by atoms with Gasteiger partial charge in [0, 0.05) is 29.6 Å². The fraction of sp³-hybridized carbons (Fsp3) is 0.500. The van der Waals surface area contributed by atoms with E-state index in [2.05, 4.69) is 9.97 Å². The standard InChI is InChI=1S/C22H29N3O5/c1-12(2)29-19(27)14-10-25(20(28)30-21(3,4)5)11-22(6,7)16-13-8-9-15(26)23-18(13)24-17(14)16/h8-10,12H,11H2,1-7H3,(H2,23,24,26). The fourth-order valence-electron chi connectivity index (χ4n) is 3.65. The molecule has 3 heterocycles. The molecule has 1 aliphatic heterocycles. The molecule has 2 N–H and O–H groups in total. The van der Waals surface area contributed by atoms with Crippen molar-refractivity contribution >= 4 is 28.7 Å². The van der Waals surface area contributed by atoms with E-state index >= 15 is 0 Å². The second-order valence-electron chi connectivity index (χ2n) is 9.48. The summed E-state index contributed by atoms with van der Waals surface area (Å²) in [4.78, 5) is 45.0. The Morgan fingerprint density at radius 1 is 1.17 bits per heavy atom. The maximum absolute atomic E-state index is 13.0. The van der Waals surface area contributed by atoms with E-state index in [0.717, 1.165) is 10.9 Å². The number of hydrogen-bond acceptors (Lipinski definition) is 5. The summed E-state index contributed by atoms with van der Waals surface area (Å²) in [7, 11) is 0. The van der Waals surface area contributed by atoms with Crippen LogP contribution in [0, 0.1) is 0 Å². The predicted octanol–water partition coefficient (Wildman–Crippen LogP) is 3.68. The molecule has 0 spiro atoms. The predicted molar refractivity (Wildman–Crippen MR) is 114 cm³/mol. The highest BCUT2D eigenvalue weighted by Gasteiger charge is 2.38. The van der Waals surface area contributed by atoms with Gasteiger partial charge in [0.15, 0.2) is 0 Å². The molecule has 1 aliphatic rings. The van der Waals surface area contributed by atoms with Gasteiger partial charge in [-0.1, -0.05) is 13.8 Å². The second-order valence-corrected chi connectivity index (χ2v) is 9.48. The minimum Gasteiger partial charge on any atom is -0.459 e. The first-order chi connectivity index (χ1) is 13.8. The minimum atomic E-state index is -0.680. The largest absolute Gasteiger partial charge is 0.459 e. The lowest BCUT2D eigenvalue weighted by atomic mass is 9.82. The van der Waals surface area contributed by atoms with Gasteiger partial charge >= 0.3 is 12.1 Å². The molecule has 0 saturated carbocycles. The SMILES string of the molecule is CC(C)OC(=O)C1=CN(C(=O)OC(C)(C)C)CC(C)(C)c2c1[nH]c1[nH]c(=O)ccc21. The van der Waals surface area contributed by atoms with Crippen LogP contribution in [0.25, 0.3) is 16.6 Å². The molecular formula is C22H29N3O5. The number of carbonyl (C=O) groups is 2. The van der Waals surface area contributed by atoms with Gasteiger partial charge in [-0.05, 0) is 46.2 Å². The molecule has 0 aliphatic carbocycles. The van der Waals surface area contributed by atoms with Crippen molar-refractivity contribution in [2.24, 2.45) is 0 Å². The number of aromatic nitrogens is 2. The van der Waals surface area contributed by atoms with Crippen molar-refractivity contribution < 1.29 is 19.1 Å². The quantitative estimate of drug-likeness (QED) is 0.728. The molecule has 8 heteroatoms. The summed E-state index contributed by atoms with van der Waals surface area (Å²) >= 11 is 0. The normalized spacial score (nSPS) is 16.1. The first-order valence-electron chi connectivity index (χ1n) is 9.97. The Morgan fingerprint density at radius 3 is 2.43 bits per heavy atom. The maximum atomic E-state index is 13.0. The van der Waals surface area contributed by atoms with Crippen LogP contribution in [0.4, 0.5) is 4.79 Å². The van der Waals surface area contributed by atoms with Gasteiger partial charge in [0.05, 0.1) is 17.4 Å². The van der Waals surface area contributed by atoms with Crippen LogP contribution in [0.5, 0.6) is 0 Å². The van der Waals surface area contributed by atoms with Gasteiger partial charge in [-0.25, -0.2) is 9.59 Å². The lowest BCUT2D eigenvalue weighted by Crippen LogP contribution is -2.40. The van der Waals surface area contributed by atoms with Crippen LogP contribution >= 0.6 is 0 Å². The number of nitrogens with one attached hydrogen (secondary N) is 2. The van der Waals surface area contributed by atoms with Crippen LogP contribution < -0.4 is 5.56 Å². The van der Waals surface area contributed by atoms with E-state index < -0.39 is 23.1 Å². The number of nitrogens with zero attached hydrogens (tertiary/aromatic N) is 1. The summed E-state index contributed by atoms with van der Waals surface area (Å²) < 4.78 is 11.0. The van der Waals surface area contributed by atoms with E-state index in [9.17, 15) is 14.4 Å². The van der Waals surface area contributed by atoms with Gasteiger partial charge in [0.1, 0.15) is 11.2 Å². The van der Waals surface area contributed by atoms with Crippen molar-refractivity contribution in [1.82, 2.24) is 14.9 Å². The molecule has 30 heavy (non-hydrogen) atoms. The van der Waals surface area contributed by atoms with Crippen LogP contribution in [-0.4, -0.2) is 45.2 Å². The molecule has 3 rings (SSSR count). The number of esters is 1. The summed E-state index contributed by atoms with van der Waals surface area (Å²) in [6.45, 7) is 13.1. The van der Waals surface area contributed by atoms with E-state index in [1.807, 2.05) is 13.8 Å². The van der Waals surface area contributed by atoms with Crippen molar-refractivity contribution in [1.29, 1.82) is 0 Å². The smallest absolute Gasteiger partial charge is 0.414 e. The van der Waals surface area contributed by atoms with Crippen LogP contribution in [-0.2, 0) is 19.7 Å². The molecule has 0 fully saturated rings. The van der Waals surface area contributed by atoms with E-state index in [1.54, 1.807) is 40.7 Å². The monoisotopic (exact) mass is 415 g/mol. The topological polar surface area (TPSA) is 104 Å². The van der Waals surface area contributed by atoms with E-state index in [0.29, 0.717) is 11.3 Å². The Kier molecular flexibility index (Phi) is 5.30. The molecule has 0 bridgehead atoms. The zero-order valence-corrected chi connectivity index (χ0v) is 18.5. The summed E-state index contributed by atoms with van der Waals surface area (Å²) in [5.41, 5.74) is 0.587. The van der Waals surface area contributed by atoms with E-state index in [1.165, 1.54) is 17.2 Å². The molecule has 0 aromatic carbocycles. The second kappa shape index (κ2) is 7.34. The molecule has 0 saturated heterocycles. The van der Waals surface area contributed by atoms with Gasteiger partial charge in [-0.3, -0.25) is 9.69 Å². The average molecular weight is 415 g/mol. The number of carbonyl (C=O) groups excluding carboxylic acids is 2. The lowest BCUT2D eigenvalue weighted by molar-refractivity contribution is -0.140. The number of H-pyrrole nitrogens is 2. The Labute approximate surface area is 175 Å². The lowest BCUT2D eigenvalue weighted by Gasteiger charge is -2.31. The van der Waals surface area contributed by atoms with Gasteiger partial charge in [0.2, 0.25) is 5.56 Å². The van der Waals surface area contributed by atoms with Crippen LogP contribution in [0.15, 0.2) is 23.1 Å². The van der Waals surface area contributed by atoms with Crippen LogP contribution in [0.3, 0.4) is 0 Å². The highest BCUT2D eigenvalue weighted by molar-refractivity contribution is 6.18. The van der Waals surface area contributed by atoms with Gasteiger partial charge in [-0.15, -0.1) is 0 Å².